The first-order chi connectivity index (χ1) is 19.4. The summed E-state index contributed by atoms with van der Waals surface area (Å²) in [5.74, 6) is -0.390. The van der Waals surface area contributed by atoms with E-state index in [1.807, 2.05) is 60.5 Å². The minimum Gasteiger partial charge on any atom is -0.436 e. The van der Waals surface area contributed by atoms with Gasteiger partial charge in [-0.2, -0.15) is 0 Å². The Morgan fingerprint density at radius 1 is 1.10 bits per heavy atom. The van der Waals surface area contributed by atoms with Gasteiger partial charge in [-0.25, -0.2) is 18.8 Å². The summed E-state index contributed by atoms with van der Waals surface area (Å²) in [7, 11) is 1.62. The van der Waals surface area contributed by atoms with Gasteiger partial charge in [-0.1, -0.05) is 67.1 Å². The zero-order valence-corrected chi connectivity index (χ0v) is 23.0. The third-order valence-corrected chi connectivity index (χ3v) is 8.05. The van der Waals surface area contributed by atoms with Crippen molar-refractivity contribution in [2.24, 2.45) is 0 Å². The van der Waals surface area contributed by atoms with Crippen molar-refractivity contribution in [3.8, 4) is 11.1 Å². The van der Waals surface area contributed by atoms with Crippen LogP contribution in [0.25, 0.3) is 22.0 Å². The van der Waals surface area contributed by atoms with Crippen molar-refractivity contribution >= 4 is 28.6 Å². The number of halogens is 2. The van der Waals surface area contributed by atoms with Gasteiger partial charge in [0.25, 0.3) is 5.56 Å². The number of fused-ring (bicyclic) bond motifs is 4. The normalized spacial score (nSPS) is 15.6. The molecule has 0 unspecified atom stereocenters. The highest BCUT2D eigenvalue weighted by Crippen LogP contribution is 2.45. The molecular weight excluding hydrogens is 533 g/mol. The first kappa shape index (κ1) is 26.3. The summed E-state index contributed by atoms with van der Waals surface area (Å²) in [5.41, 5.74) is 3.31. The maximum Gasteiger partial charge on any atom is 0.411 e. The van der Waals surface area contributed by atoms with E-state index in [9.17, 15) is 14.0 Å². The molecule has 4 aromatic rings. The summed E-state index contributed by atoms with van der Waals surface area (Å²) in [4.78, 5) is 33.7. The summed E-state index contributed by atoms with van der Waals surface area (Å²) < 4.78 is 22.6. The van der Waals surface area contributed by atoms with Crippen molar-refractivity contribution in [1.29, 1.82) is 0 Å². The number of nitrogens with one attached hydrogen (secondary N) is 1. The first-order valence-corrected chi connectivity index (χ1v) is 13.8. The molecule has 1 aliphatic heterocycles. The third-order valence-electron chi connectivity index (χ3n) is 7.74. The molecule has 6 rings (SSSR count). The number of rotatable bonds is 5. The summed E-state index contributed by atoms with van der Waals surface area (Å²) in [6.45, 7) is 4.29. The quantitative estimate of drug-likeness (QED) is 0.369. The van der Waals surface area contributed by atoms with E-state index in [-0.39, 0.29) is 21.7 Å². The van der Waals surface area contributed by atoms with Crippen molar-refractivity contribution in [3.63, 3.8) is 0 Å². The average molecular weight is 562 g/mol. The number of carbonyl (C=O) groups excluding carboxylic acids is 1. The van der Waals surface area contributed by atoms with E-state index < -0.39 is 29.6 Å². The fraction of sp³-hybridized carbons (Fsp3) is 0.300. The van der Waals surface area contributed by atoms with Crippen molar-refractivity contribution in [2.75, 3.05) is 38.2 Å². The Hall–Kier alpha value is -3.95. The van der Waals surface area contributed by atoms with Gasteiger partial charge in [-0.3, -0.25) is 4.79 Å². The zero-order valence-electron chi connectivity index (χ0n) is 22.2. The van der Waals surface area contributed by atoms with Gasteiger partial charge in [-0.05, 0) is 29.7 Å². The SMILES string of the molecule is CC[C@@H](c1nc2c(F)ccc(Cl)c2c(=O)n1N1CCNCC1)N(C)C(=O)OC1c2ccccc2-c2ccccc21. The van der Waals surface area contributed by atoms with Crippen LogP contribution >= 0.6 is 11.6 Å². The molecule has 0 saturated carbocycles. The van der Waals surface area contributed by atoms with Crippen LogP contribution in [0, 0.1) is 5.82 Å². The molecule has 1 N–H and O–H groups in total. The summed E-state index contributed by atoms with van der Waals surface area (Å²) in [5, 5.41) is 5.29. The molecule has 0 bridgehead atoms. The van der Waals surface area contributed by atoms with Gasteiger partial charge in [0.1, 0.15) is 11.3 Å². The number of nitrogens with zero attached hydrogens (tertiary/aromatic N) is 4. The van der Waals surface area contributed by atoms with Crippen LogP contribution in [0.1, 0.15) is 42.4 Å². The van der Waals surface area contributed by atoms with Crippen molar-refractivity contribution < 1.29 is 13.9 Å². The van der Waals surface area contributed by atoms with Crippen molar-refractivity contribution in [1.82, 2.24) is 19.9 Å². The van der Waals surface area contributed by atoms with Crippen molar-refractivity contribution in [3.05, 3.63) is 98.8 Å². The number of benzene rings is 3. The lowest BCUT2D eigenvalue weighted by atomic mass is 10.1. The maximum atomic E-state index is 15.0. The van der Waals surface area contributed by atoms with E-state index in [1.165, 1.54) is 21.7 Å². The maximum absolute atomic E-state index is 15.0. The van der Waals surface area contributed by atoms with Crippen LogP contribution in [0.2, 0.25) is 5.02 Å². The summed E-state index contributed by atoms with van der Waals surface area (Å²) in [6, 6.07) is 17.6. The standard InChI is InChI=1S/C30H29ClFN5O3/c1-3-24(35(2)30(39)40-27-20-10-6-4-8-18(20)19-9-5-7-11-21(19)27)28-34-26-23(32)13-12-22(31)25(26)29(38)37(28)36-16-14-33-15-17-36/h4-13,24,27,33H,3,14-17H2,1-2H3/t24-/m0/s1. The molecule has 2 aliphatic rings. The highest BCUT2D eigenvalue weighted by Gasteiger charge is 2.35. The molecule has 0 radical (unpaired) electrons. The van der Waals surface area contributed by atoms with E-state index in [0.717, 1.165) is 22.3 Å². The van der Waals surface area contributed by atoms with Gasteiger partial charge < -0.3 is 20.0 Å². The molecule has 1 fully saturated rings. The van der Waals surface area contributed by atoms with Gasteiger partial charge in [0, 0.05) is 44.4 Å². The molecule has 3 aromatic carbocycles. The highest BCUT2D eigenvalue weighted by molar-refractivity contribution is 6.35. The fourth-order valence-corrected chi connectivity index (χ4v) is 5.98. The minimum absolute atomic E-state index is 0.0169. The molecule has 2 heterocycles. The third kappa shape index (κ3) is 4.30. The number of ether oxygens (including phenoxy) is 1. The van der Waals surface area contributed by atoms with E-state index in [2.05, 4.69) is 10.3 Å². The van der Waals surface area contributed by atoms with E-state index >= 15 is 0 Å². The monoisotopic (exact) mass is 561 g/mol. The topological polar surface area (TPSA) is 79.7 Å². The first-order valence-electron chi connectivity index (χ1n) is 13.4. The molecule has 40 heavy (non-hydrogen) atoms. The van der Waals surface area contributed by atoms with Gasteiger partial charge >= 0.3 is 6.09 Å². The Morgan fingerprint density at radius 2 is 1.73 bits per heavy atom. The van der Waals surface area contributed by atoms with Crippen molar-refractivity contribution in [2.45, 2.75) is 25.5 Å². The Labute approximate surface area is 235 Å². The number of hydrogen-bond donors (Lipinski definition) is 1. The van der Waals surface area contributed by atoms with Gasteiger partial charge in [0.05, 0.1) is 16.5 Å². The van der Waals surface area contributed by atoms with Gasteiger partial charge in [0.2, 0.25) is 0 Å². The molecule has 1 aliphatic carbocycles. The van der Waals surface area contributed by atoms with Crippen LogP contribution in [-0.2, 0) is 4.74 Å². The van der Waals surface area contributed by atoms with Crippen LogP contribution in [0.3, 0.4) is 0 Å². The van der Waals surface area contributed by atoms with Crippen LogP contribution in [-0.4, -0.2) is 53.9 Å². The highest BCUT2D eigenvalue weighted by atomic mass is 35.5. The predicted octanol–water partition coefficient (Wildman–Crippen LogP) is 5.02. The lowest BCUT2D eigenvalue weighted by Gasteiger charge is -2.35. The number of aromatic nitrogens is 2. The largest absolute Gasteiger partial charge is 0.436 e. The number of hydrogen-bond acceptors (Lipinski definition) is 6. The zero-order chi connectivity index (χ0) is 28.0. The van der Waals surface area contributed by atoms with Gasteiger partial charge in [-0.15, -0.1) is 0 Å². The lowest BCUT2D eigenvalue weighted by molar-refractivity contribution is 0.0712. The Bertz CT molecular complexity index is 1620. The number of carbonyl (C=O) groups is 1. The van der Waals surface area contributed by atoms with Crippen LogP contribution in [0.15, 0.2) is 65.5 Å². The molecule has 206 valence electrons. The molecule has 1 saturated heterocycles. The lowest BCUT2D eigenvalue weighted by Crippen LogP contribution is -2.54. The van der Waals surface area contributed by atoms with E-state index in [1.54, 1.807) is 7.05 Å². The van der Waals surface area contributed by atoms with E-state index in [0.29, 0.717) is 32.6 Å². The summed E-state index contributed by atoms with van der Waals surface area (Å²) in [6.07, 6.45) is -0.734. The Kier molecular flexibility index (Phi) is 6.93. The molecule has 8 nitrogen and oxygen atoms in total. The van der Waals surface area contributed by atoms with Crippen LogP contribution in [0.5, 0.6) is 0 Å². The second kappa shape index (κ2) is 10.6. The molecule has 1 amide bonds. The second-order valence-corrected chi connectivity index (χ2v) is 10.4. The molecule has 10 heteroatoms. The second-order valence-electron chi connectivity index (χ2n) is 10.0. The minimum atomic E-state index is -0.676. The molecule has 1 aromatic heterocycles. The number of piperazine rings is 1. The van der Waals surface area contributed by atoms with Crippen LogP contribution in [0.4, 0.5) is 9.18 Å². The van der Waals surface area contributed by atoms with Gasteiger partial charge in [0.15, 0.2) is 11.9 Å². The average Bonchev–Trinajstić information content (AvgIpc) is 3.29. The smallest absolute Gasteiger partial charge is 0.411 e. The summed E-state index contributed by atoms with van der Waals surface area (Å²) >= 11 is 6.37. The van der Waals surface area contributed by atoms with E-state index in [4.69, 9.17) is 16.3 Å². The van der Waals surface area contributed by atoms with Crippen LogP contribution < -0.4 is 15.9 Å². The molecular formula is C30H29ClFN5O3. The predicted molar refractivity (Wildman–Crippen MR) is 153 cm³/mol. The molecule has 1 atom stereocenters. The Morgan fingerprint density at radius 3 is 2.35 bits per heavy atom. The Balaban J connectivity index is 1.41. The molecule has 0 spiro atoms. The number of amides is 1. The fourth-order valence-electron chi connectivity index (χ4n) is 5.74.